The average molecular weight is 370 g/mol. The molecule has 4 heteroatoms. The van der Waals surface area contributed by atoms with E-state index in [1.807, 2.05) is 91.0 Å². The lowest BCUT2D eigenvalue weighted by atomic mass is 9.83. The zero-order valence-electron chi connectivity index (χ0n) is 15.5. The van der Waals surface area contributed by atoms with E-state index in [4.69, 9.17) is 0 Å². The van der Waals surface area contributed by atoms with Crippen molar-refractivity contribution in [3.63, 3.8) is 0 Å². The summed E-state index contributed by atoms with van der Waals surface area (Å²) in [5.74, 6) is -0.420. The molecule has 1 fully saturated rings. The first-order valence-electron chi connectivity index (χ1n) is 9.44. The highest BCUT2D eigenvalue weighted by Gasteiger charge is 2.39. The Bertz CT molecular complexity index is 903. The molecule has 1 atom stereocenters. The maximum absolute atomic E-state index is 13.4. The zero-order chi connectivity index (χ0) is 19.3. The second kappa shape index (κ2) is 8.09. The topological polar surface area (TPSA) is 49.4 Å². The van der Waals surface area contributed by atoms with E-state index in [2.05, 4.69) is 5.32 Å². The number of rotatable bonds is 5. The van der Waals surface area contributed by atoms with Gasteiger partial charge in [-0.05, 0) is 16.7 Å². The number of carbonyl (C=O) groups excluding carboxylic acids is 2. The molecule has 2 amide bonds. The lowest BCUT2D eigenvalue weighted by Crippen LogP contribution is -2.59. The SMILES string of the molecule is O=C1CN(Cc2ccccc2)C(=O)[C@H](C(c2ccccc2)c2ccccc2)N1. The molecule has 1 N–H and O–H groups in total. The summed E-state index contributed by atoms with van der Waals surface area (Å²) in [4.78, 5) is 27.5. The Hall–Kier alpha value is -3.40. The van der Waals surface area contributed by atoms with Crippen LogP contribution >= 0.6 is 0 Å². The Morgan fingerprint density at radius 1 is 0.786 bits per heavy atom. The third-order valence-electron chi connectivity index (χ3n) is 5.10. The van der Waals surface area contributed by atoms with E-state index in [0.717, 1.165) is 16.7 Å². The number of carbonyl (C=O) groups is 2. The van der Waals surface area contributed by atoms with Crippen molar-refractivity contribution in [1.29, 1.82) is 0 Å². The van der Waals surface area contributed by atoms with Crippen LogP contribution in [-0.4, -0.2) is 29.3 Å². The van der Waals surface area contributed by atoms with Gasteiger partial charge in [0.15, 0.2) is 0 Å². The number of nitrogens with one attached hydrogen (secondary N) is 1. The van der Waals surface area contributed by atoms with Crippen LogP contribution in [0.1, 0.15) is 22.6 Å². The largest absolute Gasteiger partial charge is 0.342 e. The number of amides is 2. The summed E-state index contributed by atoms with van der Waals surface area (Å²) in [6, 6.07) is 28.9. The third kappa shape index (κ3) is 3.81. The molecule has 140 valence electrons. The van der Waals surface area contributed by atoms with Crippen LogP contribution in [0.4, 0.5) is 0 Å². The first kappa shape index (κ1) is 18.0. The van der Waals surface area contributed by atoms with Crippen LogP contribution in [0.5, 0.6) is 0 Å². The van der Waals surface area contributed by atoms with Gasteiger partial charge in [0.2, 0.25) is 11.8 Å². The molecule has 0 saturated carbocycles. The number of nitrogens with zero attached hydrogens (tertiary/aromatic N) is 1. The molecular formula is C24H22N2O2. The Balaban J connectivity index is 1.69. The molecule has 4 nitrogen and oxygen atoms in total. The lowest BCUT2D eigenvalue weighted by Gasteiger charge is -2.37. The molecule has 3 aromatic carbocycles. The minimum atomic E-state index is -0.630. The fourth-order valence-electron chi connectivity index (χ4n) is 3.79. The summed E-state index contributed by atoms with van der Waals surface area (Å²) >= 11 is 0. The Morgan fingerprint density at radius 2 is 1.29 bits per heavy atom. The second-order valence-electron chi connectivity index (χ2n) is 7.02. The van der Waals surface area contributed by atoms with E-state index in [1.165, 1.54) is 0 Å². The molecule has 28 heavy (non-hydrogen) atoms. The predicted molar refractivity (Wildman–Crippen MR) is 109 cm³/mol. The van der Waals surface area contributed by atoms with Crippen LogP contribution in [0.25, 0.3) is 0 Å². The van der Waals surface area contributed by atoms with E-state index in [0.29, 0.717) is 6.54 Å². The van der Waals surface area contributed by atoms with Gasteiger partial charge in [0, 0.05) is 12.5 Å². The van der Waals surface area contributed by atoms with Crippen molar-refractivity contribution in [2.24, 2.45) is 0 Å². The van der Waals surface area contributed by atoms with E-state index >= 15 is 0 Å². The van der Waals surface area contributed by atoms with Crippen molar-refractivity contribution < 1.29 is 9.59 Å². The van der Waals surface area contributed by atoms with Crippen LogP contribution in [-0.2, 0) is 16.1 Å². The number of hydrogen-bond donors (Lipinski definition) is 1. The monoisotopic (exact) mass is 370 g/mol. The normalized spacial score (nSPS) is 16.9. The molecule has 1 saturated heterocycles. The smallest absolute Gasteiger partial charge is 0.246 e. The molecule has 0 aliphatic carbocycles. The summed E-state index contributed by atoms with van der Waals surface area (Å²) < 4.78 is 0. The highest BCUT2D eigenvalue weighted by Crippen LogP contribution is 2.30. The first-order chi connectivity index (χ1) is 13.7. The summed E-state index contributed by atoms with van der Waals surface area (Å²) in [6.45, 7) is 0.514. The highest BCUT2D eigenvalue weighted by molar-refractivity contribution is 5.95. The van der Waals surface area contributed by atoms with Gasteiger partial charge in [-0.15, -0.1) is 0 Å². The van der Waals surface area contributed by atoms with Crippen molar-refractivity contribution in [3.8, 4) is 0 Å². The molecule has 1 heterocycles. The zero-order valence-corrected chi connectivity index (χ0v) is 15.5. The fraction of sp³-hybridized carbons (Fsp3) is 0.167. The molecule has 1 aliphatic rings. The quantitative estimate of drug-likeness (QED) is 0.749. The molecule has 0 bridgehead atoms. The maximum atomic E-state index is 13.4. The Kier molecular flexibility index (Phi) is 5.20. The molecule has 0 radical (unpaired) electrons. The standard InChI is InChI=1S/C24H22N2O2/c27-21-17-26(16-18-10-4-1-5-11-18)24(28)23(25-21)22(19-12-6-2-7-13-19)20-14-8-3-9-15-20/h1-15,22-23H,16-17H2,(H,25,27)/t23-/m0/s1. The van der Waals surface area contributed by atoms with Crippen LogP contribution in [0.2, 0.25) is 0 Å². The second-order valence-corrected chi connectivity index (χ2v) is 7.02. The van der Waals surface area contributed by atoms with E-state index in [-0.39, 0.29) is 24.3 Å². The van der Waals surface area contributed by atoms with Crippen molar-refractivity contribution >= 4 is 11.8 Å². The molecule has 0 aromatic heterocycles. The van der Waals surface area contributed by atoms with Crippen LogP contribution in [0.3, 0.4) is 0 Å². The summed E-state index contributed by atoms with van der Waals surface area (Å²) in [5.41, 5.74) is 3.03. The van der Waals surface area contributed by atoms with Crippen LogP contribution in [0.15, 0.2) is 91.0 Å². The van der Waals surface area contributed by atoms with E-state index in [1.54, 1.807) is 4.90 Å². The minimum Gasteiger partial charge on any atom is -0.342 e. The van der Waals surface area contributed by atoms with Crippen LogP contribution < -0.4 is 5.32 Å². The molecule has 0 unspecified atom stereocenters. The van der Waals surface area contributed by atoms with Gasteiger partial charge in [0.25, 0.3) is 0 Å². The summed E-state index contributed by atoms with van der Waals surface area (Å²) in [5, 5.41) is 2.95. The van der Waals surface area contributed by atoms with Crippen LogP contribution in [0, 0.1) is 0 Å². The van der Waals surface area contributed by atoms with Gasteiger partial charge in [-0.1, -0.05) is 91.0 Å². The van der Waals surface area contributed by atoms with E-state index in [9.17, 15) is 9.59 Å². The maximum Gasteiger partial charge on any atom is 0.246 e. The molecule has 4 rings (SSSR count). The summed E-state index contributed by atoms with van der Waals surface area (Å²) in [7, 11) is 0. The Labute approximate surface area is 164 Å². The van der Waals surface area contributed by atoms with Gasteiger partial charge < -0.3 is 10.2 Å². The third-order valence-corrected chi connectivity index (χ3v) is 5.10. The molecular weight excluding hydrogens is 348 g/mol. The molecule has 3 aromatic rings. The summed E-state index contributed by atoms with van der Waals surface area (Å²) in [6.07, 6.45) is 0. The lowest BCUT2D eigenvalue weighted by molar-refractivity contribution is -0.145. The van der Waals surface area contributed by atoms with Crippen molar-refractivity contribution in [1.82, 2.24) is 10.2 Å². The number of hydrogen-bond acceptors (Lipinski definition) is 2. The van der Waals surface area contributed by atoms with Gasteiger partial charge in [-0.3, -0.25) is 9.59 Å². The highest BCUT2D eigenvalue weighted by atomic mass is 16.2. The van der Waals surface area contributed by atoms with E-state index < -0.39 is 6.04 Å². The van der Waals surface area contributed by atoms with Crippen molar-refractivity contribution in [2.75, 3.05) is 6.54 Å². The van der Waals surface area contributed by atoms with Gasteiger partial charge in [0.05, 0.1) is 6.54 Å². The van der Waals surface area contributed by atoms with Crippen molar-refractivity contribution in [2.45, 2.75) is 18.5 Å². The molecule has 0 spiro atoms. The first-order valence-corrected chi connectivity index (χ1v) is 9.44. The predicted octanol–water partition coefficient (Wildman–Crippen LogP) is 3.35. The fourth-order valence-corrected chi connectivity index (χ4v) is 3.79. The minimum absolute atomic E-state index is 0.0545. The van der Waals surface area contributed by atoms with Crippen molar-refractivity contribution in [3.05, 3.63) is 108 Å². The average Bonchev–Trinajstić information content (AvgIpc) is 2.74. The Morgan fingerprint density at radius 3 is 1.82 bits per heavy atom. The number of piperazine rings is 1. The number of benzene rings is 3. The van der Waals surface area contributed by atoms with Gasteiger partial charge in [-0.25, -0.2) is 0 Å². The van der Waals surface area contributed by atoms with Gasteiger partial charge in [-0.2, -0.15) is 0 Å². The molecule has 1 aliphatic heterocycles. The van der Waals surface area contributed by atoms with Gasteiger partial charge >= 0.3 is 0 Å². The van der Waals surface area contributed by atoms with Gasteiger partial charge in [0.1, 0.15) is 6.04 Å².